The van der Waals surface area contributed by atoms with E-state index in [2.05, 4.69) is 24.9 Å². The Kier molecular flexibility index (Phi) is 7.15. The molecular formula is C22H23ClN6O6S. The minimum atomic E-state index is -4.27. The molecule has 0 amide bonds. The number of hydrogen-bond acceptors (Lipinski definition) is 10. The SMILES string of the molecule is COc1cccc(OC)c1-n1c(NS(=O)(=O)[C@@H](C)[C@H](O)c2nccc(Cl)n2)nnc1-c1ccc(C)o1. The van der Waals surface area contributed by atoms with Gasteiger partial charge < -0.3 is 19.0 Å². The third-order valence-corrected chi connectivity index (χ3v) is 7.24. The lowest BCUT2D eigenvalue weighted by molar-refractivity contribution is 0.166. The number of aliphatic hydroxyl groups excluding tert-OH is 1. The van der Waals surface area contributed by atoms with E-state index in [0.717, 1.165) is 0 Å². The van der Waals surface area contributed by atoms with Gasteiger partial charge in [-0.3, -0.25) is 9.29 Å². The van der Waals surface area contributed by atoms with Gasteiger partial charge in [0.25, 0.3) is 0 Å². The topological polar surface area (TPSA) is 154 Å². The molecule has 0 aliphatic carbocycles. The Morgan fingerprint density at radius 3 is 2.39 bits per heavy atom. The molecule has 3 aromatic heterocycles. The minimum absolute atomic E-state index is 0.0676. The molecule has 0 bridgehead atoms. The summed E-state index contributed by atoms with van der Waals surface area (Å²) < 4.78 is 47.2. The second-order valence-electron chi connectivity index (χ2n) is 7.64. The molecule has 4 aromatic rings. The Labute approximate surface area is 211 Å². The lowest BCUT2D eigenvalue weighted by atomic mass is 10.2. The van der Waals surface area contributed by atoms with Gasteiger partial charge in [0.2, 0.25) is 21.8 Å². The summed E-state index contributed by atoms with van der Waals surface area (Å²) in [6.45, 7) is 3.07. The molecule has 190 valence electrons. The zero-order valence-corrected chi connectivity index (χ0v) is 21.3. The van der Waals surface area contributed by atoms with Crippen LogP contribution in [0.5, 0.6) is 11.5 Å². The van der Waals surface area contributed by atoms with Crippen LogP contribution in [0.1, 0.15) is 24.6 Å². The number of ether oxygens (including phenoxy) is 2. The molecule has 0 fully saturated rings. The first-order valence-electron chi connectivity index (χ1n) is 10.6. The standard InChI is InChI=1S/C22H23ClN6O6S/c1-12-8-9-16(35-12)21-26-27-22(29(21)18-14(33-3)6-5-7-15(18)34-4)28-36(31,32)13(2)19(30)20-24-11-10-17(23)25-20/h5-11,13,19,30H,1-4H3,(H,27,28)/t13-,19-/m0/s1. The van der Waals surface area contributed by atoms with Crippen LogP contribution in [-0.4, -0.2) is 57.7 Å². The van der Waals surface area contributed by atoms with E-state index in [1.54, 1.807) is 37.3 Å². The number of nitrogens with zero attached hydrogens (tertiary/aromatic N) is 5. The van der Waals surface area contributed by atoms with Crippen molar-refractivity contribution in [2.24, 2.45) is 0 Å². The van der Waals surface area contributed by atoms with Crippen LogP contribution in [0.25, 0.3) is 17.3 Å². The predicted molar refractivity (Wildman–Crippen MR) is 131 cm³/mol. The summed E-state index contributed by atoms with van der Waals surface area (Å²) in [5.74, 6) is 1.53. The Morgan fingerprint density at radius 1 is 1.11 bits per heavy atom. The van der Waals surface area contributed by atoms with E-state index < -0.39 is 21.4 Å². The Bertz CT molecular complexity index is 1470. The van der Waals surface area contributed by atoms with Gasteiger partial charge in [0.1, 0.15) is 39.5 Å². The van der Waals surface area contributed by atoms with Gasteiger partial charge in [0, 0.05) is 6.20 Å². The van der Waals surface area contributed by atoms with E-state index in [4.69, 9.17) is 25.5 Å². The van der Waals surface area contributed by atoms with Crippen molar-refractivity contribution in [1.29, 1.82) is 0 Å². The molecule has 0 saturated heterocycles. The molecule has 0 aliphatic rings. The number of methoxy groups -OCH3 is 2. The normalized spacial score (nSPS) is 13.3. The number of aliphatic hydroxyl groups is 1. The number of benzene rings is 1. The maximum atomic E-state index is 13.3. The summed E-state index contributed by atoms with van der Waals surface area (Å²) >= 11 is 5.86. The summed E-state index contributed by atoms with van der Waals surface area (Å²) in [6, 6.07) is 9.90. The van der Waals surface area contributed by atoms with E-state index >= 15 is 0 Å². The molecule has 0 spiro atoms. The minimum Gasteiger partial charge on any atom is -0.494 e. The van der Waals surface area contributed by atoms with Gasteiger partial charge in [-0.1, -0.05) is 17.7 Å². The number of aryl methyl sites for hydroxylation is 1. The van der Waals surface area contributed by atoms with Gasteiger partial charge in [0.05, 0.1) is 14.2 Å². The lowest BCUT2D eigenvalue weighted by Crippen LogP contribution is -2.32. The first-order chi connectivity index (χ1) is 17.2. The zero-order chi connectivity index (χ0) is 26.0. The fourth-order valence-electron chi connectivity index (χ4n) is 3.42. The second kappa shape index (κ2) is 10.1. The lowest BCUT2D eigenvalue weighted by Gasteiger charge is -2.20. The largest absolute Gasteiger partial charge is 0.494 e. The van der Waals surface area contributed by atoms with Crippen molar-refractivity contribution in [1.82, 2.24) is 24.7 Å². The number of halogens is 1. The Hall–Kier alpha value is -3.68. The average molecular weight is 535 g/mol. The van der Waals surface area contributed by atoms with Crippen LogP contribution in [0.4, 0.5) is 5.95 Å². The van der Waals surface area contributed by atoms with Gasteiger partial charge in [-0.15, -0.1) is 10.2 Å². The van der Waals surface area contributed by atoms with Crippen molar-refractivity contribution < 1.29 is 27.4 Å². The van der Waals surface area contributed by atoms with Crippen LogP contribution in [-0.2, 0) is 10.0 Å². The molecule has 3 heterocycles. The molecule has 36 heavy (non-hydrogen) atoms. The molecule has 0 radical (unpaired) electrons. The average Bonchev–Trinajstić information content (AvgIpc) is 3.47. The Morgan fingerprint density at radius 2 is 1.81 bits per heavy atom. The van der Waals surface area contributed by atoms with Crippen molar-refractivity contribution in [3.05, 3.63) is 59.3 Å². The molecule has 1 aromatic carbocycles. The zero-order valence-electron chi connectivity index (χ0n) is 19.7. The fourth-order valence-corrected chi connectivity index (χ4v) is 4.60. The predicted octanol–water partition coefficient (Wildman–Crippen LogP) is 3.16. The summed E-state index contributed by atoms with van der Waals surface area (Å²) in [4.78, 5) is 7.83. The number of sulfonamides is 1. The van der Waals surface area contributed by atoms with E-state index in [9.17, 15) is 13.5 Å². The third kappa shape index (κ3) is 4.85. The molecule has 0 unspecified atom stereocenters. The molecule has 14 heteroatoms. The van der Waals surface area contributed by atoms with Gasteiger partial charge in [-0.25, -0.2) is 18.4 Å². The molecule has 4 rings (SSSR count). The number of anilines is 1. The van der Waals surface area contributed by atoms with Crippen LogP contribution in [0, 0.1) is 6.92 Å². The number of para-hydroxylation sites is 1. The number of rotatable bonds is 9. The first-order valence-corrected chi connectivity index (χ1v) is 12.5. The maximum absolute atomic E-state index is 13.3. The van der Waals surface area contributed by atoms with Gasteiger partial charge in [0.15, 0.2) is 11.6 Å². The van der Waals surface area contributed by atoms with E-state index in [-0.39, 0.29) is 22.8 Å². The first kappa shape index (κ1) is 25.4. The summed E-state index contributed by atoms with van der Waals surface area (Å²) in [5, 5.41) is 17.6. The van der Waals surface area contributed by atoms with E-state index in [1.165, 1.54) is 38.0 Å². The van der Waals surface area contributed by atoms with Crippen LogP contribution in [0.15, 0.2) is 47.0 Å². The Balaban J connectivity index is 1.82. The van der Waals surface area contributed by atoms with Gasteiger partial charge >= 0.3 is 0 Å². The summed E-state index contributed by atoms with van der Waals surface area (Å²) in [7, 11) is -1.34. The van der Waals surface area contributed by atoms with Crippen LogP contribution in [0.3, 0.4) is 0 Å². The number of hydrogen-bond donors (Lipinski definition) is 2. The highest BCUT2D eigenvalue weighted by Crippen LogP contribution is 2.38. The molecule has 2 N–H and O–H groups in total. The van der Waals surface area contributed by atoms with Crippen molar-refractivity contribution in [3.63, 3.8) is 0 Å². The number of furan rings is 1. The molecule has 2 atom stereocenters. The summed E-state index contributed by atoms with van der Waals surface area (Å²) in [5.41, 5.74) is 0.334. The fraction of sp³-hybridized carbons (Fsp3) is 0.273. The van der Waals surface area contributed by atoms with Crippen LogP contribution >= 0.6 is 11.6 Å². The van der Waals surface area contributed by atoms with Crippen LogP contribution in [0.2, 0.25) is 5.15 Å². The maximum Gasteiger partial charge on any atom is 0.243 e. The van der Waals surface area contributed by atoms with Crippen molar-refractivity contribution in [2.45, 2.75) is 25.2 Å². The summed E-state index contributed by atoms with van der Waals surface area (Å²) in [6.07, 6.45) is -0.256. The third-order valence-electron chi connectivity index (χ3n) is 5.32. The van der Waals surface area contributed by atoms with E-state index in [0.29, 0.717) is 28.7 Å². The number of aromatic nitrogens is 5. The van der Waals surface area contributed by atoms with Crippen molar-refractivity contribution >= 4 is 27.6 Å². The smallest absolute Gasteiger partial charge is 0.243 e. The van der Waals surface area contributed by atoms with Crippen molar-refractivity contribution in [3.8, 4) is 28.8 Å². The molecule has 0 aliphatic heterocycles. The monoisotopic (exact) mass is 534 g/mol. The number of nitrogens with one attached hydrogen (secondary N) is 1. The highest BCUT2D eigenvalue weighted by Gasteiger charge is 2.34. The highest BCUT2D eigenvalue weighted by atomic mass is 35.5. The van der Waals surface area contributed by atoms with Crippen molar-refractivity contribution in [2.75, 3.05) is 18.9 Å². The highest BCUT2D eigenvalue weighted by molar-refractivity contribution is 7.93. The molecular weight excluding hydrogens is 512 g/mol. The quantitative estimate of drug-likeness (QED) is 0.306. The van der Waals surface area contributed by atoms with Gasteiger partial charge in [-0.05, 0) is 44.2 Å². The second-order valence-corrected chi connectivity index (χ2v) is 10.1. The molecule has 0 saturated carbocycles. The van der Waals surface area contributed by atoms with Crippen LogP contribution < -0.4 is 14.2 Å². The molecule has 12 nitrogen and oxygen atoms in total. The van der Waals surface area contributed by atoms with Gasteiger partial charge in [-0.2, -0.15) is 0 Å². The van der Waals surface area contributed by atoms with E-state index in [1.807, 2.05) is 0 Å².